The van der Waals surface area contributed by atoms with Crippen molar-refractivity contribution < 1.29 is 4.79 Å². The molecule has 1 aliphatic rings. The largest absolute Gasteiger partial charge is 0.322 e. The molecule has 0 spiro atoms. The highest BCUT2D eigenvalue weighted by atomic mass is 16.1. The standard InChI is InChI=1S/C17H24N2O/c1-7-13-16(18-10-9-11(3)4)15(12(5)6)14(8-2)19-17(13)20/h7-12H,2H2,1,3-6H3,(H,19,20)/b10-9+,13-7+,18-16+. The Kier molecular flexibility index (Phi) is 5.68. The van der Waals surface area contributed by atoms with Crippen LogP contribution in [-0.2, 0) is 4.79 Å². The number of rotatable bonds is 4. The fraction of sp³-hybridized carbons (Fsp3) is 0.412. The van der Waals surface area contributed by atoms with E-state index in [9.17, 15) is 4.79 Å². The SMILES string of the molecule is C=CC1=C(C(C)C)C(=N/C=C/C(C)C)/C(=C\C)C(=O)N1. The molecule has 0 fully saturated rings. The molecule has 0 aliphatic carbocycles. The van der Waals surface area contributed by atoms with Crippen molar-refractivity contribution in [2.24, 2.45) is 16.8 Å². The number of nitrogens with one attached hydrogen (secondary N) is 1. The Morgan fingerprint density at radius 3 is 2.35 bits per heavy atom. The molecule has 0 atom stereocenters. The number of allylic oxidation sites excluding steroid dienone is 4. The Balaban J connectivity index is 3.42. The number of hydrogen-bond donors (Lipinski definition) is 1. The van der Waals surface area contributed by atoms with Gasteiger partial charge in [0, 0.05) is 17.5 Å². The summed E-state index contributed by atoms with van der Waals surface area (Å²) in [6.45, 7) is 14.0. The van der Waals surface area contributed by atoms with Crippen LogP contribution in [0.25, 0.3) is 0 Å². The first-order valence-corrected chi connectivity index (χ1v) is 7.01. The van der Waals surface area contributed by atoms with Crippen molar-refractivity contribution in [3.05, 3.63) is 47.9 Å². The van der Waals surface area contributed by atoms with Gasteiger partial charge >= 0.3 is 0 Å². The molecule has 3 heteroatoms. The minimum atomic E-state index is -0.122. The highest BCUT2D eigenvalue weighted by Gasteiger charge is 2.28. The third-order valence-corrected chi connectivity index (χ3v) is 3.04. The Bertz CT molecular complexity index is 517. The lowest BCUT2D eigenvalue weighted by molar-refractivity contribution is -0.116. The minimum absolute atomic E-state index is 0.122. The van der Waals surface area contributed by atoms with Crippen LogP contribution < -0.4 is 5.32 Å². The second kappa shape index (κ2) is 7.04. The summed E-state index contributed by atoms with van der Waals surface area (Å²) in [7, 11) is 0. The maximum Gasteiger partial charge on any atom is 0.257 e. The van der Waals surface area contributed by atoms with Gasteiger partial charge in [-0.15, -0.1) is 0 Å². The molecule has 1 aliphatic heterocycles. The number of carbonyl (C=O) groups is 1. The first-order chi connectivity index (χ1) is 9.42. The quantitative estimate of drug-likeness (QED) is 0.778. The predicted octanol–water partition coefficient (Wildman–Crippen LogP) is 3.77. The third kappa shape index (κ3) is 3.56. The van der Waals surface area contributed by atoms with Gasteiger partial charge in [-0.1, -0.05) is 46.4 Å². The molecule has 0 unspecified atom stereocenters. The van der Waals surface area contributed by atoms with Crippen molar-refractivity contribution in [2.75, 3.05) is 0 Å². The average molecular weight is 272 g/mol. The molecule has 0 bridgehead atoms. The van der Waals surface area contributed by atoms with Gasteiger partial charge in [0.25, 0.3) is 5.91 Å². The predicted molar refractivity (Wildman–Crippen MR) is 85.4 cm³/mol. The van der Waals surface area contributed by atoms with Crippen molar-refractivity contribution in [2.45, 2.75) is 34.6 Å². The highest BCUT2D eigenvalue weighted by Crippen LogP contribution is 2.25. The van der Waals surface area contributed by atoms with E-state index in [2.05, 4.69) is 44.6 Å². The van der Waals surface area contributed by atoms with Gasteiger partial charge in [0.2, 0.25) is 0 Å². The van der Waals surface area contributed by atoms with E-state index in [0.29, 0.717) is 11.5 Å². The van der Waals surface area contributed by atoms with Crippen molar-refractivity contribution in [1.82, 2.24) is 5.32 Å². The molecule has 0 saturated carbocycles. The van der Waals surface area contributed by atoms with Gasteiger partial charge in [-0.3, -0.25) is 9.79 Å². The summed E-state index contributed by atoms with van der Waals surface area (Å²) in [6, 6.07) is 0. The molecule has 0 radical (unpaired) electrons. The van der Waals surface area contributed by atoms with E-state index in [0.717, 1.165) is 17.0 Å². The van der Waals surface area contributed by atoms with E-state index in [1.165, 1.54) is 0 Å². The summed E-state index contributed by atoms with van der Waals surface area (Å²) in [5.74, 6) is 0.560. The van der Waals surface area contributed by atoms with Crippen LogP contribution in [0.1, 0.15) is 34.6 Å². The van der Waals surface area contributed by atoms with E-state index < -0.39 is 0 Å². The normalized spacial score (nSPS) is 20.6. The molecule has 1 N–H and O–H groups in total. The summed E-state index contributed by atoms with van der Waals surface area (Å²) < 4.78 is 0. The number of carbonyl (C=O) groups excluding carboxylic acids is 1. The summed E-state index contributed by atoms with van der Waals surface area (Å²) in [6.07, 6.45) is 7.28. The average Bonchev–Trinajstić information content (AvgIpc) is 2.37. The van der Waals surface area contributed by atoms with Crippen LogP contribution in [0.5, 0.6) is 0 Å². The molecule has 0 aromatic carbocycles. The zero-order valence-electron chi connectivity index (χ0n) is 13.0. The van der Waals surface area contributed by atoms with Crippen LogP contribution >= 0.6 is 0 Å². The Hall–Kier alpha value is -1.90. The molecule has 1 heterocycles. The smallest absolute Gasteiger partial charge is 0.257 e. The van der Waals surface area contributed by atoms with Gasteiger partial charge in [0.1, 0.15) is 0 Å². The molecule has 108 valence electrons. The van der Waals surface area contributed by atoms with Gasteiger partial charge in [-0.2, -0.15) is 0 Å². The van der Waals surface area contributed by atoms with Crippen LogP contribution in [0.4, 0.5) is 0 Å². The molecule has 0 aromatic rings. The Morgan fingerprint density at radius 2 is 1.90 bits per heavy atom. The second-order valence-electron chi connectivity index (χ2n) is 5.41. The zero-order valence-corrected chi connectivity index (χ0v) is 13.0. The lowest BCUT2D eigenvalue weighted by atomic mass is 9.88. The van der Waals surface area contributed by atoms with E-state index in [4.69, 9.17) is 0 Å². The van der Waals surface area contributed by atoms with Crippen molar-refractivity contribution in [3.63, 3.8) is 0 Å². The van der Waals surface area contributed by atoms with E-state index >= 15 is 0 Å². The second-order valence-corrected chi connectivity index (χ2v) is 5.41. The van der Waals surface area contributed by atoms with Crippen LogP contribution in [-0.4, -0.2) is 11.6 Å². The molecule has 1 rings (SSSR count). The maximum absolute atomic E-state index is 12.1. The van der Waals surface area contributed by atoms with E-state index in [1.807, 2.05) is 13.0 Å². The summed E-state index contributed by atoms with van der Waals surface area (Å²) in [4.78, 5) is 16.6. The maximum atomic E-state index is 12.1. The van der Waals surface area contributed by atoms with Gasteiger partial charge in [-0.05, 0) is 24.8 Å². The summed E-state index contributed by atoms with van der Waals surface area (Å²) in [5, 5.41) is 2.88. The van der Waals surface area contributed by atoms with Crippen LogP contribution in [0.3, 0.4) is 0 Å². The molecular weight excluding hydrogens is 248 g/mol. The number of aliphatic imine (C=N–C) groups is 1. The first-order valence-electron chi connectivity index (χ1n) is 7.01. The van der Waals surface area contributed by atoms with Crippen molar-refractivity contribution >= 4 is 11.6 Å². The molecule has 1 amide bonds. The summed E-state index contributed by atoms with van der Waals surface area (Å²) >= 11 is 0. The van der Waals surface area contributed by atoms with E-state index in [1.54, 1.807) is 18.4 Å². The Labute approximate surface area is 121 Å². The zero-order chi connectivity index (χ0) is 15.3. The Morgan fingerprint density at radius 1 is 1.25 bits per heavy atom. The van der Waals surface area contributed by atoms with Crippen LogP contribution in [0.15, 0.2) is 52.8 Å². The number of amides is 1. The van der Waals surface area contributed by atoms with Crippen molar-refractivity contribution in [3.8, 4) is 0 Å². The van der Waals surface area contributed by atoms with Gasteiger partial charge in [0.15, 0.2) is 0 Å². The molecule has 0 saturated heterocycles. The van der Waals surface area contributed by atoms with Gasteiger partial charge < -0.3 is 5.32 Å². The topological polar surface area (TPSA) is 41.5 Å². The molecular formula is C17H24N2O. The third-order valence-electron chi connectivity index (χ3n) is 3.04. The number of hydrogen-bond acceptors (Lipinski definition) is 2. The van der Waals surface area contributed by atoms with Gasteiger partial charge in [-0.25, -0.2) is 0 Å². The van der Waals surface area contributed by atoms with Crippen LogP contribution in [0.2, 0.25) is 0 Å². The minimum Gasteiger partial charge on any atom is -0.322 e. The van der Waals surface area contributed by atoms with E-state index in [-0.39, 0.29) is 11.8 Å². The first kappa shape index (κ1) is 16.2. The highest BCUT2D eigenvalue weighted by molar-refractivity contribution is 6.30. The summed E-state index contributed by atoms with van der Waals surface area (Å²) in [5.41, 5.74) is 3.15. The van der Waals surface area contributed by atoms with Gasteiger partial charge in [0.05, 0.1) is 11.3 Å². The number of nitrogens with zero attached hydrogens (tertiary/aromatic N) is 1. The molecule has 3 nitrogen and oxygen atoms in total. The van der Waals surface area contributed by atoms with Crippen LogP contribution in [0, 0.1) is 11.8 Å². The lowest BCUT2D eigenvalue weighted by Crippen LogP contribution is -2.36. The fourth-order valence-electron chi connectivity index (χ4n) is 2.08. The fourth-order valence-corrected chi connectivity index (χ4v) is 2.08. The lowest BCUT2D eigenvalue weighted by Gasteiger charge is -2.25. The van der Waals surface area contributed by atoms with Crippen molar-refractivity contribution in [1.29, 1.82) is 0 Å². The molecule has 0 aromatic heterocycles. The monoisotopic (exact) mass is 272 g/mol. The molecule has 20 heavy (non-hydrogen) atoms.